The molecule has 1 aromatic rings. The highest BCUT2D eigenvalue weighted by Crippen LogP contribution is 2.21. The highest BCUT2D eigenvalue weighted by Gasteiger charge is 2.12. The Balaban J connectivity index is 1.49. The van der Waals surface area contributed by atoms with Gasteiger partial charge in [0.15, 0.2) is 0 Å². The molecule has 0 radical (unpaired) electrons. The van der Waals surface area contributed by atoms with E-state index in [2.05, 4.69) is 34.5 Å². The summed E-state index contributed by atoms with van der Waals surface area (Å²) in [6.45, 7) is 3.50. The van der Waals surface area contributed by atoms with Crippen molar-refractivity contribution in [2.45, 2.75) is 70.4 Å². The van der Waals surface area contributed by atoms with Crippen LogP contribution < -0.4 is 10.2 Å². The van der Waals surface area contributed by atoms with Gasteiger partial charge >= 0.3 is 0 Å². The average Bonchev–Trinajstić information content (AvgIpc) is 2.83. The highest BCUT2D eigenvalue weighted by molar-refractivity contribution is 5.47. The van der Waals surface area contributed by atoms with E-state index in [1.807, 2.05) is 0 Å². The molecule has 1 aliphatic carbocycles. The lowest BCUT2D eigenvalue weighted by atomic mass is 10.1. The fourth-order valence-corrected chi connectivity index (χ4v) is 3.72. The number of nitrogens with zero attached hydrogens (tertiary/aromatic N) is 1. The number of piperidine rings is 1. The van der Waals surface area contributed by atoms with Crippen LogP contribution in [0.1, 0.15) is 63.4 Å². The Labute approximate surface area is 129 Å². The summed E-state index contributed by atoms with van der Waals surface area (Å²) in [5.41, 5.74) is 2.84. The number of rotatable bonds is 4. The van der Waals surface area contributed by atoms with Crippen molar-refractivity contribution >= 4 is 5.69 Å². The van der Waals surface area contributed by atoms with Crippen molar-refractivity contribution in [3.63, 3.8) is 0 Å². The predicted octanol–water partition coefficient (Wildman–Crippen LogP) is 4.49. The van der Waals surface area contributed by atoms with Crippen LogP contribution in [-0.4, -0.2) is 19.1 Å². The van der Waals surface area contributed by atoms with Gasteiger partial charge in [-0.1, -0.05) is 37.8 Å². The number of anilines is 1. The molecule has 1 saturated heterocycles. The summed E-state index contributed by atoms with van der Waals surface area (Å²) in [6.07, 6.45) is 12.5. The molecule has 1 heterocycles. The van der Waals surface area contributed by atoms with Crippen molar-refractivity contribution in [1.82, 2.24) is 5.32 Å². The number of hydrogen-bond donors (Lipinski definition) is 1. The zero-order valence-electron chi connectivity index (χ0n) is 13.3. The summed E-state index contributed by atoms with van der Waals surface area (Å²) in [4.78, 5) is 2.53. The standard InChI is InChI=1S/C19H30N2/c1-2-5-9-18(8-4-1)20-16-17-10-12-19(13-11-17)21-14-6-3-7-15-21/h10-13,18,20H,1-9,14-16H2. The van der Waals surface area contributed by atoms with Crippen molar-refractivity contribution in [3.8, 4) is 0 Å². The minimum atomic E-state index is 0.745. The van der Waals surface area contributed by atoms with E-state index >= 15 is 0 Å². The molecular weight excluding hydrogens is 256 g/mol. The molecule has 2 fully saturated rings. The molecule has 2 nitrogen and oxygen atoms in total. The lowest BCUT2D eigenvalue weighted by molar-refractivity contribution is 0.459. The molecule has 1 aromatic carbocycles. The van der Waals surface area contributed by atoms with E-state index in [9.17, 15) is 0 Å². The van der Waals surface area contributed by atoms with E-state index in [1.165, 1.54) is 82.1 Å². The molecule has 2 aliphatic rings. The Bertz CT molecular complexity index is 398. The monoisotopic (exact) mass is 286 g/mol. The lowest BCUT2D eigenvalue weighted by Gasteiger charge is -2.29. The van der Waals surface area contributed by atoms with E-state index in [0.29, 0.717) is 0 Å². The Morgan fingerprint density at radius 1 is 0.810 bits per heavy atom. The Morgan fingerprint density at radius 3 is 2.10 bits per heavy atom. The second-order valence-corrected chi connectivity index (χ2v) is 6.78. The molecule has 0 bridgehead atoms. The van der Waals surface area contributed by atoms with E-state index in [1.54, 1.807) is 0 Å². The van der Waals surface area contributed by atoms with Gasteiger partial charge < -0.3 is 10.2 Å². The summed E-state index contributed by atoms with van der Waals surface area (Å²) in [5, 5.41) is 3.76. The smallest absolute Gasteiger partial charge is 0.0366 e. The maximum absolute atomic E-state index is 3.76. The summed E-state index contributed by atoms with van der Waals surface area (Å²) in [6, 6.07) is 10.0. The average molecular weight is 286 g/mol. The number of nitrogens with one attached hydrogen (secondary N) is 1. The van der Waals surface area contributed by atoms with Gasteiger partial charge in [-0.15, -0.1) is 0 Å². The minimum Gasteiger partial charge on any atom is -0.372 e. The van der Waals surface area contributed by atoms with Crippen molar-refractivity contribution in [2.24, 2.45) is 0 Å². The van der Waals surface area contributed by atoms with Gasteiger partial charge in [-0.25, -0.2) is 0 Å². The fraction of sp³-hybridized carbons (Fsp3) is 0.684. The Hall–Kier alpha value is -1.02. The molecule has 21 heavy (non-hydrogen) atoms. The highest BCUT2D eigenvalue weighted by atomic mass is 15.1. The van der Waals surface area contributed by atoms with Crippen LogP contribution in [0.4, 0.5) is 5.69 Å². The van der Waals surface area contributed by atoms with Gasteiger partial charge in [0.25, 0.3) is 0 Å². The third kappa shape index (κ3) is 4.47. The summed E-state index contributed by atoms with van der Waals surface area (Å²) < 4.78 is 0. The second kappa shape index (κ2) is 7.84. The van der Waals surface area contributed by atoms with Gasteiger partial charge in [0, 0.05) is 31.4 Å². The van der Waals surface area contributed by atoms with Crippen LogP contribution >= 0.6 is 0 Å². The van der Waals surface area contributed by atoms with Crippen LogP contribution in [0.15, 0.2) is 24.3 Å². The van der Waals surface area contributed by atoms with Gasteiger partial charge in [0.2, 0.25) is 0 Å². The second-order valence-electron chi connectivity index (χ2n) is 6.78. The largest absolute Gasteiger partial charge is 0.372 e. The molecular formula is C19H30N2. The first-order valence-electron chi connectivity index (χ1n) is 8.99. The fourth-order valence-electron chi connectivity index (χ4n) is 3.72. The lowest BCUT2D eigenvalue weighted by Crippen LogP contribution is -2.29. The Kier molecular flexibility index (Phi) is 5.56. The van der Waals surface area contributed by atoms with E-state index < -0.39 is 0 Å². The first kappa shape index (κ1) is 14.9. The third-order valence-corrected chi connectivity index (χ3v) is 5.11. The molecule has 3 rings (SSSR count). The topological polar surface area (TPSA) is 15.3 Å². The molecule has 0 amide bonds. The van der Waals surface area contributed by atoms with Gasteiger partial charge in [-0.2, -0.15) is 0 Å². The van der Waals surface area contributed by atoms with E-state index in [-0.39, 0.29) is 0 Å². The number of hydrogen-bond acceptors (Lipinski definition) is 2. The van der Waals surface area contributed by atoms with Gasteiger partial charge in [-0.3, -0.25) is 0 Å². The minimum absolute atomic E-state index is 0.745. The van der Waals surface area contributed by atoms with Crippen LogP contribution in [0.25, 0.3) is 0 Å². The molecule has 0 atom stereocenters. The quantitative estimate of drug-likeness (QED) is 0.820. The summed E-state index contributed by atoms with van der Waals surface area (Å²) >= 11 is 0. The maximum atomic E-state index is 3.76. The van der Waals surface area contributed by atoms with Crippen LogP contribution in [0.3, 0.4) is 0 Å². The SMILES string of the molecule is c1cc(N2CCCCC2)ccc1CNC1CCCCCC1. The first-order chi connectivity index (χ1) is 10.4. The Morgan fingerprint density at radius 2 is 1.43 bits per heavy atom. The van der Waals surface area contributed by atoms with Crippen molar-refractivity contribution in [3.05, 3.63) is 29.8 Å². The van der Waals surface area contributed by atoms with Crippen LogP contribution in [0.2, 0.25) is 0 Å². The van der Waals surface area contributed by atoms with Crippen LogP contribution in [-0.2, 0) is 6.54 Å². The van der Waals surface area contributed by atoms with Gasteiger partial charge in [-0.05, 0) is 49.8 Å². The summed E-state index contributed by atoms with van der Waals surface area (Å²) in [5.74, 6) is 0. The van der Waals surface area contributed by atoms with Crippen molar-refractivity contribution in [1.29, 1.82) is 0 Å². The van der Waals surface area contributed by atoms with Crippen molar-refractivity contribution < 1.29 is 0 Å². The zero-order valence-corrected chi connectivity index (χ0v) is 13.3. The number of benzene rings is 1. The molecule has 2 heteroatoms. The summed E-state index contributed by atoms with van der Waals surface area (Å²) in [7, 11) is 0. The van der Waals surface area contributed by atoms with Crippen LogP contribution in [0.5, 0.6) is 0 Å². The van der Waals surface area contributed by atoms with Gasteiger partial charge in [0.05, 0.1) is 0 Å². The third-order valence-electron chi connectivity index (χ3n) is 5.11. The molecule has 0 aromatic heterocycles. The van der Waals surface area contributed by atoms with Gasteiger partial charge in [0.1, 0.15) is 0 Å². The predicted molar refractivity (Wildman–Crippen MR) is 90.8 cm³/mol. The molecule has 116 valence electrons. The zero-order chi connectivity index (χ0) is 14.3. The maximum Gasteiger partial charge on any atom is 0.0366 e. The van der Waals surface area contributed by atoms with E-state index in [0.717, 1.165) is 12.6 Å². The first-order valence-corrected chi connectivity index (χ1v) is 8.99. The molecule has 0 unspecified atom stereocenters. The van der Waals surface area contributed by atoms with Crippen LogP contribution in [0, 0.1) is 0 Å². The molecule has 1 N–H and O–H groups in total. The van der Waals surface area contributed by atoms with Crippen molar-refractivity contribution in [2.75, 3.05) is 18.0 Å². The van der Waals surface area contributed by atoms with E-state index in [4.69, 9.17) is 0 Å². The molecule has 1 aliphatic heterocycles. The normalized spacial score (nSPS) is 21.2. The molecule has 1 saturated carbocycles. The molecule has 0 spiro atoms.